The largest absolute Gasteiger partial charge is 0.352 e. The number of amides is 2. The molecule has 0 aliphatic rings. The van der Waals surface area contributed by atoms with Crippen LogP contribution in [0.2, 0.25) is 0 Å². The van der Waals surface area contributed by atoms with E-state index in [1.807, 2.05) is 0 Å². The van der Waals surface area contributed by atoms with E-state index >= 15 is 0 Å². The van der Waals surface area contributed by atoms with E-state index in [1.54, 1.807) is 26.8 Å². The van der Waals surface area contributed by atoms with Crippen LogP contribution in [0.1, 0.15) is 32.8 Å². The van der Waals surface area contributed by atoms with Gasteiger partial charge in [0.2, 0.25) is 11.8 Å². The molecule has 3 aromatic carbocycles. The normalized spacial score (nSPS) is 12.0. The van der Waals surface area contributed by atoms with Gasteiger partial charge in [0.1, 0.15) is 18.4 Å². The maximum absolute atomic E-state index is 13.9. The molecule has 0 aliphatic carbocycles. The number of benzene rings is 3. The Morgan fingerprint density at radius 1 is 1.00 bits per heavy atom. The minimum atomic E-state index is -4.36. The summed E-state index contributed by atoms with van der Waals surface area (Å²) < 4.78 is 41.9. The number of nitrogens with zero attached hydrogens (tertiary/aromatic N) is 3. The van der Waals surface area contributed by atoms with Gasteiger partial charge in [0.15, 0.2) is 0 Å². The second-order valence-corrected chi connectivity index (χ2v) is 11.2. The number of carbonyl (C=O) groups excluding carboxylic acids is 2. The van der Waals surface area contributed by atoms with Crippen LogP contribution in [0.4, 0.5) is 15.8 Å². The number of halogens is 1. The van der Waals surface area contributed by atoms with Gasteiger partial charge in [0.25, 0.3) is 15.7 Å². The van der Waals surface area contributed by atoms with Crippen molar-refractivity contribution in [1.82, 2.24) is 10.2 Å². The van der Waals surface area contributed by atoms with Gasteiger partial charge < -0.3 is 10.2 Å². The van der Waals surface area contributed by atoms with Crippen molar-refractivity contribution in [1.29, 1.82) is 0 Å². The summed E-state index contributed by atoms with van der Waals surface area (Å²) in [4.78, 5) is 38.9. The molecule has 0 saturated heterocycles. The average Bonchev–Trinajstić information content (AvgIpc) is 2.92. The topological polar surface area (TPSA) is 130 Å². The van der Waals surface area contributed by atoms with Crippen LogP contribution in [0, 0.1) is 15.9 Å². The van der Waals surface area contributed by atoms with Gasteiger partial charge in [-0.05, 0) is 56.2 Å². The van der Waals surface area contributed by atoms with Crippen molar-refractivity contribution >= 4 is 33.2 Å². The minimum absolute atomic E-state index is 0.0900. The summed E-state index contributed by atoms with van der Waals surface area (Å²) in [6.45, 7) is 4.41. The molecule has 0 radical (unpaired) electrons. The summed E-state index contributed by atoms with van der Waals surface area (Å²) in [7, 11) is -4.36. The predicted octanol–water partition coefficient (Wildman–Crippen LogP) is 4.26. The zero-order valence-electron chi connectivity index (χ0n) is 22.4. The second-order valence-electron chi connectivity index (χ2n) is 9.34. The molecule has 0 aliphatic heterocycles. The number of hydrogen-bond donors (Lipinski definition) is 1. The van der Waals surface area contributed by atoms with E-state index in [9.17, 15) is 32.5 Å². The standard InChI is InChI=1S/C28H31FN4O6S/c1-4-26(28(35)30-20(2)3)31(18-21-13-15-22(29)16-14-21)27(34)19-32(23-9-8-10-24(17-23)33(36)37)40(38,39)25-11-6-5-7-12-25/h5-17,20,26H,4,18-19H2,1-3H3,(H,30,35)/t26-/m1/s1. The molecule has 0 saturated carbocycles. The molecular weight excluding hydrogens is 539 g/mol. The average molecular weight is 571 g/mol. The Kier molecular flexibility index (Phi) is 9.94. The number of sulfonamides is 1. The van der Waals surface area contributed by atoms with Crippen molar-refractivity contribution in [2.24, 2.45) is 0 Å². The van der Waals surface area contributed by atoms with Crippen molar-refractivity contribution in [3.05, 3.63) is 100 Å². The molecule has 40 heavy (non-hydrogen) atoms. The summed E-state index contributed by atoms with van der Waals surface area (Å²) in [6.07, 6.45) is 0.216. The first kappa shape index (κ1) is 30.2. The van der Waals surface area contributed by atoms with Gasteiger partial charge in [-0.1, -0.05) is 43.3 Å². The number of carbonyl (C=O) groups is 2. The van der Waals surface area contributed by atoms with Crippen LogP contribution in [0.15, 0.2) is 83.8 Å². The van der Waals surface area contributed by atoms with Crippen molar-refractivity contribution in [2.75, 3.05) is 10.8 Å². The number of hydrogen-bond acceptors (Lipinski definition) is 6. The van der Waals surface area contributed by atoms with Crippen molar-refractivity contribution in [2.45, 2.75) is 50.7 Å². The Balaban J connectivity index is 2.09. The molecule has 1 N–H and O–H groups in total. The first-order valence-electron chi connectivity index (χ1n) is 12.6. The Labute approximate surface area is 232 Å². The smallest absolute Gasteiger partial charge is 0.271 e. The second kappa shape index (κ2) is 13.2. The third-order valence-electron chi connectivity index (χ3n) is 6.02. The highest BCUT2D eigenvalue weighted by atomic mass is 32.2. The molecule has 0 fully saturated rings. The van der Waals surface area contributed by atoms with Gasteiger partial charge in [-0.15, -0.1) is 0 Å². The Bertz CT molecular complexity index is 1450. The summed E-state index contributed by atoms with van der Waals surface area (Å²) >= 11 is 0. The first-order valence-corrected chi connectivity index (χ1v) is 14.0. The molecule has 0 bridgehead atoms. The van der Waals surface area contributed by atoms with Gasteiger partial charge in [0, 0.05) is 24.7 Å². The van der Waals surface area contributed by atoms with Crippen LogP contribution < -0.4 is 9.62 Å². The van der Waals surface area contributed by atoms with Gasteiger partial charge in [0.05, 0.1) is 15.5 Å². The number of rotatable bonds is 12. The molecule has 12 heteroatoms. The molecular formula is C28H31FN4O6S. The molecule has 3 aromatic rings. The Hall–Kier alpha value is -4.32. The fourth-order valence-electron chi connectivity index (χ4n) is 4.10. The SMILES string of the molecule is CC[C@H](C(=O)NC(C)C)N(Cc1ccc(F)cc1)C(=O)CN(c1cccc([N+](=O)[O-])c1)S(=O)(=O)c1ccccc1. The fraction of sp³-hybridized carbons (Fsp3) is 0.286. The number of non-ortho nitro benzene ring substituents is 1. The van der Waals surface area contributed by atoms with E-state index in [2.05, 4.69) is 5.32 Å². The number of nitro groups is 1. The molecule has 1 atom stereocenters. The maximum Gasteiger partial charge on any atom is 0.271 e. The molecule has 0 unspecified atom stereocenters. The number of nitro benzene ring substituents is 1. The first-order chi connectivity index (χ1) is 18.9. The molecule has 10 nitrogen and oxygen atoms in total. The van der Waals surface area contributed by atoms with Gasteiger partial charge in [-0.2, -0.15) is 0 Å². The molecule has 0 heterocycles. The van der Waals surface area contributed by atoms with E-state index in [4.69, 9.17) is 0 Å². The van der Waals surface area contributed by atoms with Crippen LogP contribution in [-0.2, 0) is 26.2 Å². The lowest BCUT2D eigenvalue weighted by Crippen LogP contribution is -2.53. The van der Waals surface area contributed by atoms with E-state index in [0.717, 1.165) is 10.4 Å². The lowest BCUT2D eigenvalue weighted by Gasteiger charge is -2.33. The highest BCUT2D eigenvalue weighted by molar-refractivity contribution is 7.92. The summed E-state index contributed by atoms with van der Waals surface area (Å²) in [5.74, 6) is -1.63. The van der Waals surface area contributed by atoms with E-state index in [0.29, 0.717) is 5.56 Å². The van der Waals surface area contributed by atoms with E-state index in [1.165, 1.54) is 71.6 Å². The summed E-state index contributed by atoms with van der Waals surface area (Å²) in [5, 5.41) is 14.2. The lowest BCUT2D eigenvalue weighted by molar-refractivity contribution is -0.384. The molecule has 3 rings (SSSR count). The van der Waals surface area contributed by atoms with Crippen LogP contribution in [0.3, 0.4) is 0 Å². The van der Waals surface area contributed by atoms with Crippen molar-refractivity contribution in [3.8, 4) is 0 Å². The zero-order chi connectivity index (χ0) is 29.4. The summed E-state index contributed by atoms with van der Waals surface area (Å²) in [6, 6.07) is 16.5. The highest BCUT2D eigenvalue weighted by Gasteiger charge is 2.34. The quantitative estimate of drug-likeness (QED) is 0.256. The lowest BCUT2D eigenvalue weighted by atomic mass is 10.1. The minimum Gasteiger partial charge on any atom is -0.352 e. The fourth-order valence-corrected chi connectivity index (χ4v) is 5.52. The van der Waals surface area contributed by atoms with Crippen LogP contribution in [-0.4, -0.2) is 48.7 Å². The summed E-state index contributed by atoms with van der Waals surface area (Å²) in [5.41, 5.74) is 0.0790. The monoisotopic (exact) mass is 570 g/mol. The van der Waals surface area contributed by atoms with Crippen molar-refractivity contribution in [3.63, 3.8) is 0 Å². The molecule has 212 valence electrons. The molecule has 0 spiro atoms. The number of nitrogens with one attached hydrogen (secondary N) is 1. The van der Waals surface area contributed by atoms with Crippen molar-refractivity contribution < 1.29 is 27.3 Å². The Morgan fingerprint density at radius 3 is 2.23 bits per heavy atom. The van der Waals surface area contributed by atoms with Crippen LogP contribution in [0.25, 0.3) is 0 Å². The van der Waals surface area contributed by atoms with E-state index in [-0.39, 0.29) is 35.3 Å². The predicted molar refractivity (Wildman–Crippen MR) is 148 cm³/mol. The molecule has 2 amide bonds. The zero-order valence-corrected chi connectivity index (χ0v) is 23.2. The van der Waals surface area contributed by atoms with E-state index < -0.39 is 45.2 Å². The highest BCUT2D eigenvalue weighted by Crippen LogP contribution is 2.27. The number of anilines is 1. The maximum atomic E-state index is 13.9. The van der Waals surface area contributed by atoms with Crippen LogP contribution >= 0.6 is 0 Å². The third kappa shape index (κ3) is 7.41. The molecule has 0 aromatic heterocycles. The van der Waals surface area contributed by atoms with Gasteiger partial charge in [-0.3, -0.25) is 24.0 Å². The van der Waals surface area contributed by atoms with Crippen LogP contribution in [0.5, 0.6) is 0 Å². The van der Waals surface area contributed by atoms with Gasteiger partial charge in [-0.25, -0.2) is 12.8 Å². The third-order valence-corrected chi connectivity index (χ3v) is 7.81. The Morgan fingerprint density at radius 2 is 1.65 bits per heavy atom. The van der Waals surface area contributed by atoms with Gasteiger partial charge >= 0.3 is 0 Å².